The summed E-state index contributed by atoms with van der Waals surface area (Å²) in [5, 5.41) is 3.02. The highest BCUT2D eigenvalue weighted by Gasteiger charge is 2.28. The molecular weight excluding hydrogens is 426 g/mol. The van der Waals surface area contributed by atoms with Gasteiger partial charge in [-0.1, -0.05) is 24.3 Å². The lowest BCUT2D eigenvalue weighted by molar-refractivity contribution is -0.361. The molecule has 0 radical (unpaired) electrons. The third kappa shape index (κ3) is 5.76. The SMILES string of the molecule is COc1ccccc1NC(N)=Nc1ccc(-c2cccc(NS(=O)(=O)CC3CC3)c2)c[nH+]1. The molecule has 3 aromatic rings. The molecule has 8 nitrogen and oxygen atoms in total. The molecule has 32 heavy (non-hydrogen) atoms. The maximum absolute atomic E-state index is 12.3. The van der Waals surface area contributed by atoms with Crippen molar-refractivity contribution in [2.75, 3.05) is 22.9 Å². The number of hydrogen-bond donors (Lipinski definition) is 3. The Bertz CT molecular complexity index is 1220. The highest BCUT2D eigenvalue weighted by atomic mass is 32.2. The highest BCUT2D eigenvalue weighted by molar-refractivity contribution is 7.92. The number of ether oxygens (including phenoxy) is 1. The number of nitrogens with two attached hydrogens (primary N) is 1. The molecule has 5 N–H and O–H groups in total. The van der Waals surface area contributed by atoms with Gasteiger partial charge in [0.15, 0.2) is 0 Å². The fourth-order valence-corrected chi connectivity index (χ4v) is 4.81. The van der Waals surface area contributed by atoms with Crippen LogP contribution in [0.4, 0.5) is 17.2 Å². The summed E-state index contributed by atoms with van der Waals surface area (Å²) in [4.78, 5) is 7.45. The lowest BCUT2D eigenvalue weighted by Gasteiger charge is -2.09. The second-order valence-corrected chi connectivity index (χ2v) is 9.46. The first-order valence-electron chi connectivity index (χ1n) is 10.3. The van der Waals surface area contributed by atoms with Crippen molar-refractivity contribution < 1.29 is 18.1 Å². The molecule has 1 saturated carbocycles. The predicted octanol–water partition coefficient (Wildman–Crippen LogP) is 3.39. The van der Waals surface area contributed by atoms with Crippen molar-refractivity contribution in [3.05, 3.63) is 66.9 Å². The number of rotatable bonds is 8. The number of anilines is 2. The zero-order valence-electron chi connectivity index (χ0n) is 17.7. The minimum Gasteiger partial charge on any atom is -0.495 e. The molecule has 0 bridgehead atoms. The van der Waals surface area contributed by atoms with Crippen LogP contribution >= 0.6 is 0 Å². The Morgan fingerprint density at radius 1 is 1.12 bits per heavy atom. The Labute approximate surface area is 187 Å². The first-order chi connectivity index (χ1) is 15.4. The molecule has 1 aliphatic rings. The fraction of sp³-hybridized carbons (Fsp3) is 0.217. The van der Waals surface area contributed by atoms with Crippen LogP contribution in [-0.4, -0.2) is 27.2 Å². The van der Waals surface area contributed by atoms with E-state index in [1.807, 2.05) is 48.5 Å². The second kappa shape index (κ2) is 9.27. The minimum absolute atomic E-state index is 0.183. The van der Waals surface area contributed by atoms with Crippen LogP contribution < -0.4 is 25.5 Å². The summed E-state index contributed by atoms with van der Waals surface area (Å²) in [6.45, 7) is 0. The summed E-state index contributed by atoms with van der Waals surface area (Å²) >= 11 is 0. The van der Waals surface area contributed by atoms with E-state index in [2.05, 4.69) is 20.0 Å². The highest BCUT2D eigenvalue weighted by Crippen LogP contribution is 2.31. The predicted molar refractivity (Wildman–Crippen MR) is 126 cm³/mol. The van der Waals surface area contributed by atoms with Crippen LogP contribution in [0.1, 0.15) is 12.8 Å². The molecule has 9 heteroatoms. The lowest BCUT2D eigenvalue weighted by Crippen LogP contribution is -2.23. The van der Waals surface area contributed by atoms with Gasteiger partial charge in [-0.2, -0.15) is 0 Å². The molecule has 2 aromatic carbocycles. The van der Waals surface area contributed by atoms with E-state index in [4.69, 9.17) is 10.5 Å². The van der Waals surface area contributed by atoms with Crippen molar-refractivity contribution in [3.63, 3.8) is 0 Å². The van der Waals surface area contributed by atoms with Crippen molar-refractivity contribution in [1.82, 2.24) is 0 Å². The normalized spacial score (nSPS) is 14.1. The number of aromatic amines is 1. The summed E-state index contributed by atoms with van der Waals surface area (Å²) in [7, 11) is -1.74. The smallest absolute Gasteiger partial charge is 0.325 e. The Hall–Kier alpha value is -3.59. The molecule has 4 rings (SSSR count). The van der Waals surface area contributed by atoms with E-state index in [-0.39, 0.29) is 11.7 Å². The van der Waals surface area contributed by atoms with Crippen LogP contribution in [0.25, 0.3) is 11.1 Å². The number of aliphatic imine (C=N–C) groups is 1. The zero-order chi connectivity index (χ0) is 22.6. The van der Waals surface area contributed by atoms with Gasteiger partial charge in [-0.05, 0) is 59.6 Å². The number of sulfonamides is 1. The van der Waals surface area contributed by atoms with Gasteiger partial charge >= 0.3 is 11.8 Å². The van der Waals surface area contributed by atoms with Crippen molar-refractivity contribution in [1.29, 1.82) is 0 Å². The molecular formula is C23H26N5O3S+. The molecule has 1 fully saturated rings. The second-order valence-electron chi connectivity index (χ2n) is 7.69. The van der Waals surface area contributed by atoms with E-state index in [1.165, 1.54) is 0 Å². The van der Waals surface area contributed by atoms with Gasteiger partial charge in [-0.25, -0.2) is 13.4 Å². The van der Waals surface area contributed by atoms with E-state index >= 15 is 0 Å². The molecule has 0 spiro atoms. The third-order valence-electron chi connectivity index (χ3n) is 5.03. The van der Waals surface area contributed by atoms with Crippen molar-refractivity contribution in [2.45, 2.75) is 12.8 Å². The molecule has 0 saturated heterocycles. The van der Waals surface area contributed by atoms with Crippen LogP contribution in [0, 0.1) is 5.92 Å². The van der Waals surface area contributed by atoms with E-state index < -0.39 is 10.0 Å². The quantitative estimate of drug-likeness (QED) is 0.357. The van der Waals surface area contributed by atoms with Crippen LogP contribution in [0.15, 0.2) is 71.9 Å². The Balaban J connectivity index is 1.46. The maximum atomic E-state index is 12.3. The molecule has 1 heterocycles. The Morgan fingerprint density at radius 3 is 2.66 bits per heavy atom. The van der Waals surface area contributed by atoms with Crippen molar-refractivity contribution >= 4 is 33.2 Å². The molecule has 1 aromatic heterocycles. The van der Waals surface area contributed by atoms with Gasteiger partial charge in [-0.15, -0.1) is 0 Å². The average Bonchev–Trinajstić information content (AvgIpc) is 3.57. The largest absolute Gasteiger partial charge is 0.495 e. The van der Waals surface area contributed by atoms with E-state index in [1.54, 1.807) is 25.4 Å². The van der Waals surface area contributed by atoms with E-state index in [0.717, 1.165) is 24.0 Å². The summed E-state index contributed by atoms with van der Waals surface area (Å²) in [5.74, 6) is 1.92. The molecule has 0 amide bonds. The van der Waals surface area contributed by atoms with Gasteiger partial charge < -0.3 is 15.8 Å². The molecule has 1 aliphatic carbocycles. The van der Waals surface area contributed by atoms with Crippen LogP contribution in [0.3, 0.4) is 0 Å². The standard InChI is InChI=1S/C23H25N5O3S/c1-31-21-8-3-2-7-20(21)26-23(24)27-22-12-11-18(14-25-22)17-5-4-6-19(13-17)28-32(29,30)15-16-9-10-16/h2-8,11-14,16,28H,9-10,15H2,1H3,(H3,24,25,26,27)/p+1. The maximum Gasteiger partial charge on any atom is 0.325 e. The van der Waals surface area contributed by atoms with Gasteiger partial charge in [0.05, 0.1) is 24.7 Å². The van der Waals surface area contributed by atoms with Gasteiger partial charge in [0, 0.05) is 17.3 Å². The average molecular weight is 453 g/mol. The third-order valence-corrected chi connectivity index (χ3v) is 6.49. The van der Waals surface area contributed by atoms with Crippen LogP contribution in [0.5, 0.6) is 5.75 Å². The van der Waals surface area contributed by atoms with E-state index in [9.17, 15) is 8.42 Å². The molecule has 0 aliphatic heterocycles. The van der Waals surface area contributed by atoms with Crippen LogP contribution in [0.2, 0.25) is 0 Å². The molecule has 166 valence electrons. The number of hydrogen-bond acceptors (Lipinski definition) is 4. The minimum atomic E-state index is -3.33. The summed E-state index contributed by atoms with van der Waals surface area (Å²) in [6.07, 6.45) is 3.78. The zero-order valence-corrected chi connectivity index (χ0v) is 18.5. The van der Waals surface area contributed by atoms with Crippen molar-refractivity contribution in [2.24, 2.45) is 16.6 Å². The molecule has 0 unspecified atom stereocenters. The Kier molecular flexibility index (Phi) is 6.27. The van der Waals surface area contributed by atoms with Gasteiger partial charge in [-0.3, -0.25) is 4.72 Å². The van der Waals surface area contributed by atoms with Crippen LogP contribution in [-0.2, 0) is 10.0 Å². The number of pyridine rings is 1. The number of nitrogens with zero attached hydrogens (tertiary/aromatic N) is 1. The van der Waals surface area contributed by atoms with Gasteiger partial charge in [0.25, 0.3) is 0 Å². The van der Waals surface area contributed by atoms with E-state index in [0.29, 0.717) is 28.9 Å². The molecule has 0 atom stereocenters. The lowest BCUT2D eigenvalue weighted by atomic mass is 10.1. The number of guanidine groups is 1. The number of aromatic nitrogens is 1. The first kappa shape index (κ1) is 21.6. The summed E-state index contributed by atoms with van der Waals surface area (Å²) < 4.78 is 32.5. The van der Waals surface area contributed by atoms with Gasteiger partial charge in [0.2, 0.25) is 10.0 Å². The summed E-state index contributed by atoms with van der Waals surface area (Å²) in [6, 6.07) is 18.4. The van der Waals surface area contributed by atoms with Gasteiger partial charge in [0.1, 0.15) is 5.75 Å². The topological polar surface area (TPSA) is 120 Å². The number of H-pyrrole nitrogens is 1. The number of nitrogens with one attached hydrogen (secondary N) is 3. The van der Waals surface area contributed by atoms with Crippen molar-refractivity contribution in [3.8, 4) is 16.9 Å². The first-order valence-corrected chi connectivity index (χ1v) is 11.9. The monoisotopic (exact) mass is 452 g/mol. The number of methoxy groups -OCH3 is 1. The fourth-order valence-electron chi connectivity index (χ4n) is 3.29. The number of benzene rings is 2. The number of para-hydroxylation sites is 2. The summed E-state index contributed by atoms with van der Waals surface area (Å²) in [5.41, 5.74) is 9.06. The Morgan fingerprint density at radius 2 is 1.94 bits per heavy atom.